The molecule has 1 amide bonds. The number of carbonyl (C=O) groups excluding carboxylic acids is 1. The van der Waals surface area contributed by atoms with Crippen molar-refractivity contribution in [2.75, 3.05) is 11.6 Å². The molecule has 22 heavy (non-hydrogen) atoms. The molecule has 7 heteroatoms. The molecule has 0 bridgehead atoms. The zero-order chi connectivity index (χ0) is 16.5. The third kappa shape index (κ3) is 3.92. The highest BCUT2D eigenvalue weighted by atomic mass is 32.2. The second-order valence-electron chi connectivity index (χ2n) is 6.03. The van der Waals surface area contributed by atoms with Crippen molar-refractivity contribution in [2.24, 2.45) is 0 Å². The number of thiazole rings is 1. The Bertz CT molecular complexity index is 785. The maximum Gasteiger partial charge on any atom is 0.267 e. The van der Waals surface area contributed by atoms with E-state index < -0.39 is 9.84 Å². The summed E-state index contributed by atoms with van der Waals surface area (Å²) in [5.74, 6) is -0.250. The highest BCUT2D eigenvalue weighted by Gasteiger charge is 2.20. The summed E-state index contributed by atoms with van der Waals surface area (Å²) >= 11 is 1.36. The summed E-state index contributed by atoms with van der Waals surface area (Å²) in [7, 11) is -3.23. The summed E-state index contributed by atoms with van der Waals surface area (Å²) in [5, 5.41) is 3.63. The van der Waals surface area contributed by atoms with Gasteiger partial charge in [0.1, 0.15) is 4.88 Å². The molecule has 1 aromatic carbocycles. The van der Waals surface area contributed by atoms with Crippen LogP contribution < -0.4 is 5.32 Å². The first-order chi connectivity index (χ1) is 10.1. The van der Waals surface area contributed by atoms with Crippen molar-refractivity contribution in [3.63, 3.8) is 0 Å². The fourth-order valence-electron chi connectivity index (χ4n) is 1.70. The van der Waals surface area contributed by atoms with E-state index in [2.05, 4.69) is 10.3 Å². The number of nitrogens with one attached hydrogen (secondary N) is 1. The van der Waals surface area contributed by atoms with Crippen molar-refractivity contribution in [1.29, 1.82) is 0 Å². The maximum absolute atomic E-state index is 12.2. The summed E-state index contributed by atoms with van der Waals surface area (Å²) in [5.41, 5.74) is 0.448. The van der Waals surface area contributed by atoms with Crippen LogP contribution in [0.1, 0.15) is 35.5 Å². The van der Waals surface area contributed by atoms with Crippen LogP contribution in [-0.4, -0.2) is 25.6 Å². The molecule has 0 unspecified atom stereocenters. The minimum atomic E-state index is -3.23. The van der Waals surface area contributed by atoms with Gasteiger partial charge in [0.2, 0.25) is 0 Å². The van der Waals surface area contributed by atoms with Gasteiger partial charge in [-0.1, -0.05) is 20.8 Å². The van der Waals surface area contributed by atoms with Crippen LogP contribution in [0.3, 0.4) is 0 Å². The number of rotatable bonds is 3. The van der Waals surface area contributed by atoms with Gasteiger partial charge in [-0.05, 0) is 24.3 Å². The summed E-state index contributed by atoms with van der Waals surface area (Å²) in [6.07, 6.45) is 2.71. The molecule has 0 aliphatic rings. The summed E-state index contributed by atoms with van der Waals surface area (Å²) < 4.78 is 22.8. The Morgan fingerprint density at radius 2 is 1.77 bits per heavy atom. The first-order valence-corrected chi connectivity index (χ1v) is 9.36. The molecular weight excluding hydrogens is 320 g/mol. The van der Waals surface area contributed by atoms with Crippen LogP contribution in [0.25, 0.3) is 0 Å². The minimum Gasteiger partial charge on any atom is -0.321 e. The van der Waals surface area contributed by atoms with E-state index in [-0.39, 0.29) is 16.2 Å². The van der Waals surface area contributed by atoms with Gasteiger partial charge >= 0.3 is 0 Å². The molecule has 2 rings (SSSR count). The monoisotopic (exact) mass is 338 g/mol. The van der Waals surface area contributed by atoms with Gasteiger partial charge < -0.3 is 5.32 Å². The van der Waals surface area contributed by atoms with Crippen molar-refractivity contribution in [3.05, 3.63) is 40.3 Å². The van der Waals surface area contributed by atoms with Gasteiger partial charge in [-0.15, -0.1) is 11.3 Å². The topological polar surface area (TPSA) is 76.1 Å². The van der Waals surface area contributed by atoms with Crippen LogP contribution >= 0.6 is 11.3 Å². The lowest BCUT2D eigenvalue weighted by Gasteiger charge is -2.13. The first kappa shape index (κ1) is 16.6. The fourth-order valence-corrected chi connectivity index (χ4v) is 3.20. The number of hydrogen-bond acceptors (Lipinski definition) is 5. The van der Waals surface area contributed by atoms with Gasteiger partial charge in [0, 0.05) is 17.4 Å². The quantitative estimate of drug-likeness (QED) is 0.933. The number of sulfone groups is 1. The summed E-state index contributed by atoms with van der Waals surface area (Å²) in [6, 6.07) is 6.08. The smallest absolute Gasteiger partial charge is 0.267 e. The molecule has 0 atom stereocenters. The molecular formula is C15H18N2O3S2. The van der Waals surface area contributed by atoms with Crippen LogP contribution in [0.4, 0.5) is 5.69 Å². The predicted molar refractivity (Wildman–Crippen MR) is 88.3 cm³/mol. The lowest BCUT2D eigenvalue weighted by Crippen LogP contribution is -2.11. The Hall–Kier alpha value is -1.73. The van der Waals surface area contributed by atoms with Crippen molar-refractivity contribution in [1.82, 2.24) is 4.98 Å². The van der Waals surface area contributed by atoms with Gasteiger partial charge in [0.15, 0.2) is 9.84 Å². The average Bonchev–Trinajstić information content (AvgIpc) is 2.87. The van der Waals surface area contributed by atoms with Crippen LogP contribution in [-0.2, 0) is 15.3 Å². The van der Waals surface area contributed by atoms with Gasteiger partial charge in [-0.2, -0.15) is 0 Å². The predicted octanol–water partition coefficient (Wildman–Crippen LogP) is 3.10. The number of amides is 1. The third-order valence-corrected chi connectivity index (χ3v) is 5.46. The second kappa shape index (κ2) is 5.81. The zero-order valence-corrected chi connectivity index (χ0v) is 14.5. The Labute approximate surface area is 134 Å². The van der Waals surface area contributed by atoms with Crippen LogP contribution in [0.5, 0.6) is 0 Å². The van der Waals surface area contributed by atoms with E-state index >= 15 is 0 Å². The maximum atomic E-state index is 12.2. The molecule has 0 radical (unpaired) electrons. The third-order valence-electron chi connectivity index (χ3n) is 2.91. The number of anilines is 1. The van der Waals surface area contributed by atoms with E-state index in [0.29, 0.717) is 10.6 Å². The standard InChI is InChI=1S/C15H18N2O3S2/c1-15(2,3)14-16-9-12(21-14)13(18)17-10-5-7-11(8-6-10)22(4,19)20/h5-9H,1-4H3,(H,17,18). The molecule has 0 aliphatic carbocycles. The van der Waals surface area contributed by atoms with E-state index in [1.54, 1.807) is 18.3 Å². The first-order valence-electron chi connectivity index (χ1n) is 6.65. The highest BCUT2D eigenvalue weighted by Crippen LogP contribution is 2.27. The van der Waals surface area contributed by atoms with E-state index in [9.17, 15) is 13.2 Å². The van der Waals surface area contributed by atoms with Gasteiger partial charge in [-0.25, -0.2) is 13.4 Å². The fraction of sp³-hybridized carbons (Fsp3) is 0.333. The Balaban J connectivity index is 2.14. The molecule has 5 nitrogen and oxygen atoms in total. The van der Waals surface area contributed by atoms with Crippen molar-refractivity contribution < 1.29 is 13.2 Å². The SMILES string of the molecule is CC(C)(C)c1ncc(C(=O)Nc2ccc(S(C)(=O)=O)cc2)s1. The second-order valence-corrected chi connectivity index (χ2v) is 9.08. The van der Waals surface area contributed by atoms with E-state index in [4.69, 9.17) is 0 Å². The Morgan fingerprint density at radius 3 is 2.23 bits per heavy atom. The number of benzene rings is 1. The molecule has 1 aromatic heterocycles. The van der Waals surface area contributed by atoms with Gasteiger partial charge in [-0.3, -0.25) is 4.79 Å². The molecule has 0 saturated heterocycles. The normalized spacial score (nSPS) is 12.2. The Kier molecular flexibility index (Phi) is 4.39. The lowest BCUT2D eigenvalue weighted by molar-refractivity contribution is 0.103. The van der Waals surface area contributed by atoms with Crippen molar-refractivity contribution in [2.45, 2.75) is 31.1 Å². The van der Waals surface area contributed by atoms with E-state index in [1.165, 1.54) is 23.5 Å². The number of hydrogen-bond donors (Lipinski definition) is 1. The molecule has 0 aliphatic heterocycles. The van der Waals surface area contributed by atoms with Gasteiger partial charge in [0.05, 0.1) is 16.1 Å². The number of nitrogens with zero attached hydrogens (tertiary/aromatic N) is 1. The van der Waals surface area contributed by atoms with E-state index in [1.807, 2.05) is 20.8 Å². The lowest BCUT2D eigenvalue weighted by atomic mass is 9.98. The molecule has 2 aromatic rings. The van der Waals surface area contributed by atoms with Crippen molar-refractivity contribution in [3.8, 4) is 0 Å². The van der Waals surface area contributed by atoms with E-state index in [0.717, 1.165) is 11.3 Å². The highest BCUT2D eigenvalue weighted by molar-refractivity contribution is 7.90. The molecule has 0 fully saturated rings. The van der Waals surface area contributed by atoms with Crippen LogP contribution in [0, 0.1) is 0 Å². The molecule has 118 valence electrons. The summed E-state index contributed by atoms with van der Waals surface area (Å²) in [4.78, 5) is 17.2. The summed E-state index contributed by atoms with van der Waals surface area (Å²) in [6.45, 7) is 6.12. The van der Waals surface area contributed by atoms with Crippen LogP contribution in [0.15, 0.2) is 35.4 Å². The number of carbonyl (C=O) groups is 1. The molecule has 1 heterocycles. The molecule has 0 saturated carbocycles. The Morgan fingerprint density at radius 1 is 1.18 bits per heavy atom. The average molecular weight is 338 g/mol. The number of aromatic nitrogens is 1. The molecule has 0 spiro atoms. The largest absolute Gasteiger partial charge is 0.321 e. The minimum absolute atomic E-state index is 0.0969. The molecule has 1 N–H and O–H groups in total. The van der Waals surface area contributed by atoms with Crippen molar-refractivity contribution >= 4 is 32.8 Å². The van der Waals surface area contributed by atoms with Crippen LogP contribution in [0.2, 0.25) is 0 Å². The van der Waals surface area contributed by atoms with Gasteiger partial charge in [0.25, 0.3) is 5.91 Å². The zero-order valence-electron chi connectivity index (χ0n) is 12.9.